The quantitative estimate of drug-likeness (QED) is 0.642. The molecular formula is C21H28F2O2. The molecule has 0 amide bonds. The Morgan fingerprint density at radius 2 is 1.80 bits per heavy atom. The molecule has 2 fully saturated rings. The van der Waals surface area contributed by atoms with E-state index in [2.05, 4.69) is 0 Å². The average molecular weight is 350 g/mol. The van der Waals surface area contributed by atoms with Crippen LogP contribution in [-0.2, 0) is 4.74 Å². The molecule has 2 nitrogen and oxygen atoms in total. The van der Waals surface area contributed by atoms with Gasteiger partial charge in [0.15, 0.2) is 11.6 Å². The lowest BCUT2D eigenvalue weighted by Gasteiger charge is -2.42. The molecule has 138 valence electrons. The molecule has 4 unspecified atom stereocenters. The summed E-state index contributed by atoms with van der Waals surface area (Å²) in [5, 5.41) is 0. The highest BCUT2D eigenvalue weighted by molar-refractivity contribution is 5.33. The Morgan fingerprint density at radius 3 is 2.56 bits per heavy atom. The van der Waals surface area contributed by atoms with Gasteiger partial charge < -0.3 is 9.47 Å². The van der Waals surface area contributed by atoms with Crippen LogP contribution in [0.5, 0.6) is 5.75 Å². The molecule has 0 N–H and O–H groups in total. The van der Waals surface area contributed by atoms with Gasteiger partial charge in [0.2, 0.25) is 5.82 Å². The van der Waals surface area contributed by atoms with Gasteiger partial charge in [-0.25, -0.2) is 4.39 Å². The minimum atomic E-state index is -0.858. The molecule has 2 aliphatic rings. The van der Waals surface area contributed by atoms with Gasteiger partial charge in [-0.2, -0.15) is 4.39 Å². The molecular weight excluding hydrogens is 322 g/mol. The molecule has 2 aliphatic carbocycles. The Hall–Kier alpha value is -1.42. The van der Waals surface area contributed by atoms with Crippen LogP contribution in [0.3, 0.4) is 0 Å². The van der Waals surface area contributed by atoms with Crippen molar-refractivity contribution in [1.82, 2.24) is 0 Å². The number of hydrogen-bond donors (Lipinski definition) is 0. The zero-order valence-corrected chi connectivity index (χ0v) is 15.1. The third kappa shape index (κ3) is 4.05. The molecule has 3 rings (SSSR count). The highest BCUT2D eigenvalue weighted by Crippen LogP contribution is 2.47. The Kier molecular flexibility index (Phi) is 6.10. The zero-order chi connectivity index (χ0) is 17.8. The smallest absolute Gasteiger partial charge is 0.200 e. The number of hydrogen-bond acceptors (Lipinski definition) is 2. The van der Waals surface area contributed by atoms with E-state index in [0.29, 0.717) is 30.1 Å². The van der Waals surface area contributed by atoms with E-state index in [9.17, 15) is 8.78 Å². The van der Waals surface area contributed by atoms with Gasteiger partial charge in [-0.1, -0.05) is 18.2 Å². The molecule has 1 aromatic rings. The Labute approximate surface area is 149 Å². The second-order valence-corrected chi connectivity index (χ2v) is 7.35. The summed E-state index contributed by atoms with van der Waals surface area (Å²) >= 11 is 0. The SMILES string of the molecule is C/C=C/COC1CCC2CC(c3ccc(OC)c(F)c3F)CCC2C1. The topological polar surface area (TPSA) is 18.5 Å². The van der Waals surface area contributed by atoms with Crippen molar-refractivity contribution in [3.63, 3.8) is 0 Å². The van der Waals surface area contributed by atoms with Crippen molar-refractivity contribution in [2.75, 3.05) is 13.7 Å². The van der Waals surface area contributed by atoms with Crippen molar-refractivity contribution < 1.29 is 18.3 Å². The van der Waals surface area contributed by atoms with E-state index in [0.717, 1.165) is 38.5 Å². The van der Waals surface area contributed by atoms with Gasteiger partial charge in [0.1, 0.15) is 0 Å². The van der Waals surface area contributed by atoms with Gasteiger partial charge in [-0.15, -0.1) is 0 Å². The predicted octanol–water partition coefficient (Wildman–Crippen LogP) is 5.62. The van der Waals surface area contributed by atoms with Crippen molar-refractivity contribution in [1.29, 1.82) is 0 Å². The lowest BCUT2D eigenvalue weighted by atomic mass is 9.65. The molecule has 4 atom stereocenters. The third-order valence-electron chi connectivity index (χ3n) is 5.97. The molecule has 0 bridgehead atoms. The first-order chi connectivity index (χ1) is 12.1. The first kappa shape index (κ1) is 18.4. The summed E-state index contributed by atoms with van der Waals surface area (Å²) in [6.45, 7) is 2.69. The molecule has 0 saturated heterocycles. The minimum absolute atomic E-state index is 0.0197. The second kappa shape index (κ2) is 8.31. The van der Waals surface area contributed by atoms with Gasteiger partial charge in [-0.3, -0.25) is 0 Å². The Bertz CT molecular complexity index is 614. The Balaban J connectivity index is 1.62. The number of halogens is 2. The summed E-state index contributed by atoms with van der Waals surface area (Å²) in [7, 11) is 1.36. The Morgan fingerprint density at radius 1 is 1.04 bits per heavy atom. The average Bonchev–Trinajstić information content (AvgIpc) is 2.64. The van der Waals surface area contributed by atoms with Gasteiger partial charge in [-0.05, 0) is 74.8 Å². The van der Waals surface area contributed by atoms with Crippen LogP contribution in [0.15, 0.2) is 24.3 Å². The van der Waals surface area contributed by atoms with Gasteiger partial charge in [0.05, 0.1) is 19.8 Å². The van der Waals surface area contributed by atoms with E-state index >= 15 is 0 Å². The first-order valence-corrected chi connectivity index (χ1v) is 9.38. The van der Waals surface area contributed by atoms with Gasteiger partial charge in [0, 0.05) is 0 Å². The molecule has 25 heavy (non-hydrogen) atoms. The summed E-state index contributed by atoms with van der Waals surface area (Å²) in [6, 6.07) is 3.25. The van der Waals surface area contributed by atoms with Crippen molar-refractivity contribution in [2.45, 2.75) is 57.5 Å². The van der Waals surface area contributed by atoms with Crippen LogP contribution in [-0.4, -0.2) is 19.8 Å². The van der Waals surface area contributed by atoms with Crippen molar-refractivity contribution >= 4 is 0 Å². The van der Waals surface area contributed by atoms with Crippen LogP contribution in [0.2, 0.25) is 0 Å². The second-order valence-electron chi connectivity index (χ2n) is 7.35. The van der Waals surface area contributed by atoms with E-state index < -0.39 is 11.6 Å². The number of benzene rings is 1. The summed E-state index contributed by atoms with van der Waals surface area (Å²) in [4.78, 5) is 0. The monoisotopic (exact) mass is 350 g/mol. The fraction of sp³-hybridized carbons (Fsp3) is 0.619. The van der Waals surface area contributed by atoms with Gasteiger partial charge >= 0.3 is 0 Å². The molecule has 0 aliphatic heterocycles. The maximum absolute atomic E-state index is 14.4. The number of allylic oxidation sites excluding steroid dienone is 1. The molecule has 0 spiro atoms. The summed E-state index contributed by atoms with van der Waals surface area (Å²) in [5.74, 6) is -0.234. The molecule has 4 heteroatoms. The number of methoxy groups -OCH3 is 1. The number of ether oxygens (including phenoxy) is 2. The van der Waals surface area contributed by atoms with Crippen LogP contribution in [0, 0.1) is 23.5 Å². The van der Waals surface area contributed by atoms with Crippen molar-refractivity contribution in [3.8, 4) is 5.75 Å². The largest absolute Gasteiger partial charge is 0.494 e. The van der Waals surface area contributed by atoms with E-state index in [1.54, 1.807) is 12.1 Å². The maximum atomic E-state index is 14.4. The lowest BCUT2D eigenvalue weighted by Crippen LogP contribution is -2.34. The fourth-order valence-electron chi connectivity index (χ4n) is 4.59. The number of rotatable bonds is 5. The summed E-state index contributed by atoms with van der Waals surface area (Å²) in [6.07, 6.45) is 10.7. The van der Waals surface area contributed by atoms with E-state index in [4.69, 9.17) is 9.47 Å². The van der Waals surface area contributed by atoms with Crippen LogP contribution < -0.4 is 4.74 Å². The maximum Gasteiger partial charge on any atom is 0.200 e. The van der Waals surface area contributed by atoms with Crippen molar-refractivity contribution in [2.24, 2.45) is 11.8 Å². The lowest BCUT2D eigenvalue weighted by molar-refractivity contribution is -0.00336. The normalized spacial score (nSPS) is 29.6. The summed E-state index contributed by atoms with van der Waals surface area (Å²) in [5.41, 5.74) is 0.517. The highest BCUT2D eigenvalue weighted by Gasteiger charge is 2.37. The minimum Gasteiger partial charge on any atom is -0.494 e. The number of fused-ring (bicyclic) bond motifs is 1. The van der Waals surface area contributed by atoms with E-state index in [1.807, 2.05) is 19.1 Å². The molecule has 0 radical (unpaired) electrons. The van der Waals surface area contributed by atoms with E-state index in [1.165, 1.54) is 7.11 Å². The molecule has 0 aromatic heterocycles. The van der Waals surface area contributed by atoms with Crippen LogP contribution >= 0.6 is 0 Å². The standard InChI is InChI=1S/C21H28F2O2/c1-3-4-11-25-17-8-7-14-12-16(6-5-15(14)13-17)18-9-10-19(24-2)21(23)20(18)22/h3-4,9-10,14-17H,5-8,11-13H2,1-2H3/b4-3+. The first-order valence-electron chi connectivity index (χ1n) is 9.38. The highest BCUT2D eigenvalue weighted by atomic mass is 19.2. The zero-order valence-electron chi connectivity index (χ0n) is 15.1. The van der Waals surface area contributed by atoms with Crippen LogP contribution in [0.1, 0.15) is 56.9 Å². The van der Waals surface area contributed by atoms with Crippen molar-refractivity contribution in [3.05, 3.63) is 41.5 Å². The third-order valence-corrected chi connectivity index (χ3v) is 5.97. The van der Waals surface area contributed by atoms with Crippen LogP contribution in [0.4, 0.5) is 8.78 Å². The molecule has 1 aromatic carbocycles. The molecule has 0 heterocycles. The summed E-state index contributed by atoms with van der Waals surface area (Å²) < 4.78 is 39.2. The predicted molar refractivity (Wildman–Crippen MR) is 94.9 cm³/mol. The van der Waals surface area contributed by atoms with Crippen LogP contribution in [0.25, 0.3) is 0 Å². The fourth-order valence-corrected chi connectivity index (χ4v) is 4.59. The van der Waals surface area contributed by atoms with E-state index in [-0.39, 0.29) is 11.7 Å². The molecule has 2 saturated carbocycles. The van der Waals surface area contributed by atoms with Gasteiger partial charge in [0.25, 0.3) is 0 Å².